The molecule has 2 aliphatic rings. The van der Waals surface area contributed by atoms with Crippen molar-refractivity contribution in [3.8, 4) is 0 Å². The molecule has 7 heteroatoms. The van der Waals surface area contributed by atoms with Crippen LogP contribution in [0.1, 0.15) is 18.8 Å². The van der Waals surface area contributed by atoms with Gasteiger partial charge in [0.2, 0.25) is 0 Å². The highest BCUT2D eigenvalue weighted by molar-refractivity contribution is 7.81. The number of hydrogen-bond acceptors (Lipinski definition) is 6. The molecule has 6 nitrogen and oxygen atoms in total. The van der Waals surface area contributed by atoms with Crippen LogP contribution < -0.4 is 0 Å². The van der Waals surface area contributed by atoms with Gasteiger partial charge in [-0.05, 0) is 6.92 Å². The summed E-state index contributed by atoms with van der Waals surface area (Å²) in [4.78, 5) is 0. The highest BCUT2D eigenvalue weighted by atomic mass is 32.3. The van der Waals surface area contributed by atoms with Gasteiger partial charge in [0.15, 0.2) is 6.29 Å². The Morgan fingerprint density at radius 1 is 1.16 bits per heavy atom. The van der Waals surface area contributed by atoms with Gasteiger partial charge in [-0.15, -0.1) is 0 Å². The average molecular weight is 286 g/mol. The van der Waals surface area contributed by atoms with Crippen molar-refractivity contribution in [2.75, 3.05) is 6.61 Å². The molecule has 0 amide bonds. The largest absolute Gasteiger partial charge is 0.400 e. The maximum atomic E-state index is 11.3. The summed E-state index contributed by atoms with van der Waals surface area (Å²) in [6, 6.07) is 9.44. The van der Waals surface area contributed by atoms with Crippen molar-refractivity contribution in [3.63, 3.8) is 0 Å². The van der Waals surface area contributed by atoms with Crippen LogP contribution in [0.25, 0.3) is 0 Å². The summed E-state index contributed by atoms with van der Waals surface area (Å²) in [5.41, 5.74) is 0.876. The molecule has 1 aromatic rings. The predicted molar refractivity (Wildman–Crippen MR) is 64.3 cm³/mol. The number of benzene rings is 1. The van der Waals surface area contributed by atoms with E-state index < -0.39 is 35.0 Å². The molecule has 0 N–H and O–H groups in total. The normalized spacial score (nSPS) is 37.5. The van der Waals surface area contributed by atoms with Crippen molar-refractivity contribution < 1.29 is 26.3 Å². The SMILES string of the molecule is C[C@H]1OS(=O)(=O)OC2COC(c3ccccc3)O[C@H]21. The summed E-state index contributed by atoms with van der Waals surface area (Å²) >= 11 is 0. The second-order valence-electron chi connectivity index (χ2n) is 4.52. The van der Waals surface area contributed by atoms with Crippen molar-refractivity contribution in [3.05, 3.63) is 35.9 Å². The van der Waals surface area contributed by atoms with Gasteiger partial charge >= 0.3 is 10.4 Å². The van der Waals surface area contributed by atoms with Gasteiger partial charge in [0.05, 0.1) is 6.61 Å². The van der Waals surface area contributed by atoms with E-state index in [2.05, 4.69) is 0 Å². The van der Waals surface area contributed by atoms with Gasteiger partial charge in [-0.25, -0.2) is 8.37 Å². The van der Waals surface area contributed by atoms with E-state index in [1.807, 2.05) is 30.3 Å². The fourth-order valence-corrected chi connectivity index (χ4v) is 3.24. The predicted octanol–water partition coefficient (Wildman–Crippen LogP) is 1.15. The van der Waals surface area contributed by atoms with Gasteiger partial charge in [0.1, 0.15) is 18.3 Å². The van der Waals surface area contributed by atoms with Crippen molar-refractivity contribution >= 4 is 10.4 Å². The molecule has 0 saturated carbocycles. The van der Waals surface area contributed by atoms with E-state index in [4.69, 9.17) is 17.8 Å². The van der Waals surface area contributed by atoms with Gasteiger partial charge in [-0.2, -0.15) is 8.42 Å². The fraction of sp³-hybridized carbons (Fsp3) is 0.500. The summed E-state index contributed by atoms with van der Waals surface area (Å²) in [6.45, 7) is 1.79. The van der Waals surface area contributed by atoms with Crippen molar-refractivity contribution in [1.82, 2.24) is 0 Å². The van der Waals surface area contributed by atoms with Gasteiger partial charge < -0.3 is 9.47 Å². The van der Waals surface area contributed by atoms with E-state index in [0.29, 0.717) is 0 Å². The fourth-order valence-electron chi connectivity index (χ4n) is 2.24. The molecule has 2 heterocycles. The molecule has 0 radical (unpaired) electrons. The van der Waals surface area contributed by atoms with Crippen LogP contribution in [0.15, 0.2) is 30.3 Å². The minimum atomic E-state index is -3.94. The van der Waals surface area contributed by atoms with Gasteiger partial charge in [0, 0.05) is 5.56 Å². The maximum absolute atomic E-state index is 11.3. The van der Waals surface area contributed by atoms with Gasteiger partial charge in [-0.1, -0.05) is 30.3 Å². The molecule has 2 saturated heterocycles. The summed E-state index contributed by atoms with van der Waals surface area (Å²) in [5, 5.41) is 0. The molecule has 1 aromatic carbocycles. The Hall–Kier alpha value is -0.990. The lowest BCUT2D eigenvalue weighted by Crippen LogP contribution is -2.53. The first-order valence-electron chi connectivity index (χ1n) is 5.99. The summed E-state index contributed by atoms with van der Waals surface area (Å²) < 4.78 is 43.5. The minimum absolute atomic E-state index is 0.150. The summed E-state index contributed by atoms with van der Waals surface area (Å²) in [7, 11) is -3.94. The van der Waals surface area contributed by atoms with Crippen LogP contribution in [0.4, 0.5) is 0 Å². The maximum Gasteiger partial charge on any atom is 0.400 e. The van der Waals surface area contributed by atoms with Crippen LogP contribution in [-0.4, -0.2) is 33.3 Å². The van der Waals surface area contributed by atoms with E-state index in [0.717, 1.165) is 5.56 Å². The Morgan fingerprint density at radius 3 is 2.63 bits per heavy atom. The van der Waals surface area contributed by atoms with Crippen LogP contribution in [-0.2, 0) is 28.2 Å². The molecule has 0 bridgehead atoms. The molecule has 104 valence electrons. The Morgan fingerprint density at radius 2 is 1.89 bits per heavy atom. The van der Waals surface area contributed by atoms with E-state index in [9.17, 15) is 8.42 Å². The molecule has 3 rings (SSSR count). The number of fused-ring (bicyclic) bond motifs is 1. The molecule has 0 spiro atoms. The zero-order valence-electron chi connectivity index (χ0n) is 10.3. The average Bonchev–Trinajstić information content (AvgIpc) is 2.38. The van der Waals surface area contributed by atoms with Gasteiger partial charge in [0.25, 0.3) is 0 Å². The lowest BCUT2D eigenvalue weighted by molar-refractivity contribution is -0.276. The Labute approximate surface area is 111 Å². The lowest BCUT2D eigenvalue weighted by Gasteiger charge is -2.41. The monoisotopic (exact) mass is 286 g/mol. The number of rotatable bonds is 1. The topological polar surface area (TPSA) is 71.1 Å². The summed E-state index contributed by atoms with van der Waals surface area (Å²) in [6.07, 6.45) is -2.26. The van der Waals surface area contributed by atoms with Crippen LogP contribution in [0.2, 0.25) is 0 Å². The quantitative estimate of drug-likeness (QED) is 0.771. The van der Waals surface area contributed by atoms with Crippen LogP contribution >= 0.6 is 0 Å². The Bertz CT molecular complexity index is 543. The molecular formula is C12H14O6S. The Kier molecular flexibility index (Phi) is 3.32. The highest BCUT2D eigenvalue weighted by Crippen LogP contribution is 2.33. The van der Waals surface area contributed by atoms with Crippen LogP contribution in [0.3, 0.4) is 0 Å². The van der Waals surface area contributed by atoms with Crippen molar-refractivity contribution in [2.45, 2.75) is 31.5 Å². The molecule has 4 atom stereocenters. The van der Waals surface area contributed by atoms with Crippen molar-refractivity contribution in [1.29, 1.82) is 0 Å². The molecule has 19 heavy (non-hydrogen) atoms. The first kappa shape index (κ1) is 13.0. The number of hydrogen-bond donors (Lipinski definition) is 0. The lowest BCUT2D eigenvalue weighted by atomic mass is 10.1. The molecule has 2 aliphatic heterocycles. The Balaban J connectivity index is 1.77. The third-order valence-corrected chi connectivity index (χ3v) is 4.13. The zero-order chi connectivity index (χ0) is 13.5. The van der Waals surface area contributed by atoms with Gasteiger partial charge in [-0.3, -0.25) is 0 Å². The smallest absolute Gasteiger partial charge is 0.346 e. The van der Waals surface area contributed by atoms with E-state index >= 15 is 0 Å². The van der Waals surface area contributed by atoms with Crippen LogP contribution in [0, 0.1) is 0 Å². The third kappa shape index (κ3) is 2.65. The third-order valence-electron chi connectivity index (χ3n) is 3.10. The molecule has 0 aliphatic carbocycles. The molecule has 2 fully saturated rings. The standard InChI is InChI=1S/C12H14O6S/c1-8-11-10(18-19(13,14)17-8)7-15-12(16-11)9-5-3-2-4-6-9/h2-6,8,10-12H,7H2,1H3/t8-,10?,11+,12?/m1/s1. The summed E-state index contributed by atoms with van der Waals surface area (Å²) in [5.74, 6) is 0. The van der Waals surface area contributed by atoms with Crippen molar-refractivity contribution in [2.24, 2.45) is 0 Å². The molecular weight excluding hydrogens is 272 g/mol. The zero-order valence-corrected chi connectivity index (χ0v) is 11.1. The molecule has 2 unspecified atom stereocenters. The van der Waals surface area contributed by atoms with E-state index in [1.54, 1.807) is 6.92 Å². The van der Waals surface area contributed by atoms with E-state index in [1.165, 1.54) is 0 Å². The van der Waals surface area contributed by atoms with Crippen LogP contribution in [0.5, 0.6) is 0 Å². The van der Waals surface area contributed by atoms with E-state index in [-0.39, 0.29) is 6.61 Å². The first-order valence-corrected chi connectivity index (χ1v) is 7.32. The second kappa shape index (κ2) is 4.84. The first-order chi connectivity index (χ1) is 9.05. The number of ether oxygens (including phenoxy) is 2. The minimum Gasteiger partial charge on any atom is -0.346 e. The highest BCUT2D eigenvalue weighted by Gasteiger charge is 2.45. The molecule has 0 aromatic heterocycles. The second-order valence-corrected chi connectivity index (χ2v) is 5.72.